The molecule has 0 aliphatic carbocycles. The van der Waals surface area contributed by atoms with Crippen molar-refractivity contribution in [1.82, 2.24) is 0 Å². The molecular formula is C6H2F11. The molecule has 0 aliphatic rings. The van der Waals surface area contributed by atoms with Crippen molar-refractivity contribution in [1.29, 1.82) is 0 Å². The van der Waals surface area contributed by atoms with Crippen LogP contribution in [0.5, 0.6) is 0 Å². The summed E-state index contributed by atoms with van der Waals surface area (Å²) >= 11 is 0. The lowest BCUT2D eigenvalue weighted by Crippen LogP contribution is -2.51. The van der Waals surface area contributed by atoms with Crippen LogP contribution in [0.15, 0.2) is 0 Å². The molecule has 0 heterocycles. The lowest BCUT2D eigenvalue weighted by Gasteiger charge is -2.29. The Morgan fingerprint density at radius 3 is 1.12 bits per heavy atom. The van der Waals surface area contributed by atoms with Crippen molar-refractivity contribution < 1.29 is 48.3 Å². The second kappa shape index (κ2) is 4.48. The first-order valence-corrected chi connectivity index (χ1v) is 3.53. The number of rotatable bonds is 3. The molecule has 1 unspecified atom stereocenters. The molecule has 17 heavy (non-hydrogen) atoms. The Hall–Kier alpha value is -0.770. The lowest BCUT2D eigenvalue weighted by molar-refractivity contribution is -0.251. The molecule has 0 aromatic heterocycles. The van der Waals surface area contributed by atoms with Gasteiger partial charge in [-0.2, -0.15) is 35.1 Å². The van der Waals surface area contributed by atoms with Gasteiger partial charge in [0.2, 0.25) is 5.92 Å². The number of hydrogen-bond acceptors (Lipinski definition) is 0. The van der Waals surface area contributed by atoms with Crippen molar-refractivity contribution in [2.45, 2.75) is 30.9 Å². The van der Waals surface area contributed by atoms with E-state index < -0.39 is 36.8 Å². The van der Waals surface area contributed by atoms with Gasteiger partial charge < -0.3 is 0 Å². The van der Waals surface area contributed by atoms with Crippen LogP contribution in [-0.4, -0.2) is 30.9 Å². The van der Waals surface area contributed by atoms with E-state index in [1.165, 1.54) is 0 Å². The number of alkyl halides is 11. The van der Waals surface area contributed by atoms with Crippen molar-refractivity contribution in [2.24, 2.45) is 0 Å². The summed E-state index contributed by atoms with van der Waals surface area (Å²) in [4.78, 5) is 0. The molecule has 1 atom stereocenters. The highest BCUT2D eigenvalue weighted by molar-refractivity contribution is 5.15. The Kier molecular flexibility index (Phi) is 4.28. The Morgan fingerprint density at radius 2 is 0.941 bits per heavy atom. The summed E-state index contributed by atoms with van der Waals surface area (Å²) in [5.74, 6) is -10.3. The highest BCUT2D eigenvalue weighted by Crippen LogP contribution is 2.49. The van der Waals surface area contributed by atoms with E-state index in [9.17, 15) is 48.3 Å². The Labute approximate surface area is 86.4 Å². The summed E-state index contributed by atoms with van der Waals surface area (Å²) in [6.07, 6.45) is -23.3. The highest BCUT2D eigenvalue weighted by Gasteiger charge is 2.69. The molecule has 0 N–H and O–H groups in total. The van der Waals surface area contributed by atoms with Crippen LogP contribution in [0.4, 0.5) is 48.3 Å². The molecule has 103 valence electrons. The normalized spacial score (nSPS) is 16.8. The molecule has 0 bridgehead atoms. The molecule has 0 fully saturated rings. The van der Waals surface area contributed by atoms with E-state index in [1.54, 1.807) is 0 Å². The van der Waals surface area contributed by atoms with E-state index in [2.05, 4.69) is 0 Å². The Morgan fingerprint density at radius 1 is 0.647 bits per heavy atom. The average Bonchev–Trinajstić information content (AvgIpc) is 1.97. The van der Waals surface area contributed by atoms with E-state index >= 15 is 0 Å². The fourth-order valence-corrected chi connectivity index (χ4v) is 0.751. The van der Waals surface area contributed by atoms with Crippen molar-refractivity contribution in [2.75, 3.05) is 0 Å². The van der Waals surface area contributed by atoms with Gasteiger partial charge in [0.1, 0.15) is 0 Å². The minimum atomic E-state index is -6.53. The van der Waals surface area contributed by atoms with Gasteiger partial charge in [0, 0.05) is 0 Å². The van der Waals surface area contributed by atoms with E-state index in [4.69, 9.17) is 0 Å². The SMILES string of the molecule is FC(F)C(F)(F)C(F)[C](C(F)(F)F)C(F)(F)F. The van der Waals surface area contributed by atoms with Crippen LogP contribution in [0, 0.1) is 5.92 Å². The third kappa shape index (κ3) is 3.60. The summed E-state index contributed by atoms with van der Waals surface area (Å²) in [6, 6.07) is 0. The van der Waals surface area contributed by atoms with Gasteiger partial charge in [-0.1, -0.05) is 0 Å². The van der Waals surface area contributed by atoms with E-state index in [0.29, 0.717) is 0 Å². The second-order valence-electron chi connectivity index (χ2n) is 2.75. The number of halogens is 11. The third-order valence-electron chi connectivity index (χ3n) is 1.49. The highest BCUT2D eigenvalue weighted by atomic mass is 19.4. The predicted octanol–water partition coefficient (Wildman–Crippen LogP) is 3.92. The first kappa shape index (κ1) is 16.2. The smallest absolute Gasteiger partial charge is 0.239 e. The first-order chi connectivity index (χ1) is 7.22. The molecule has 0 amide bonds. The molecule has 0 nitrogen and oxygen atoms in total. The third-order valence-corrected chi connectivity index (χ3v) is 1.49. The summed E-state index contributed by atoms with van der Waals surface area (Å²) in [6.45, 7) is 0. The topological polar surface area (TPSA) is 0 Å². The molecule has 0 aromatic carbocycles. The molecule has 11 heteroatoms. The minimum absolute atomic E-state index is 4.20. The zero-order chi connectivity index (χ0) is 14.2. The number of hydrogen-bond donors (Lipinski definition) is 0. The van der Waals surface area contributed by atoms with Crippen LogP contribution < -0.4 is 0 Å². The summed E-state index contributed by atoms with van der Waals surface area (Å²) in [5, 5.41) is 0. The van der Waals surface area contributed by atoms with Crippen LogP contribution in [0.25, 0.3) is 0 Å². The standard InChI is InChI=1S/C6H2F11/c7-2(4(10,11)3(8)9)1(5(12,13)14)6(15,16)17/h2-3H. The van der Waals surface area contributed by atoms with Gasteiger partial charge >= 0.3 is 24.7 Å². The van der Waals surface area contributed by atoms with Crippen molar-refractivity contribution >= 4 is 0 Å². The quantitative estimate of drug-likeness (QED) is 0.688. The monoisotopic (exact) mass is 283 g/mol. The van der Waals surface area contributed by atoms with Gasteiger partial charge in [0.25, 0.3) is 0 Å². The van der Waals surface area contributed by atoms with Crippen molar-refractivity contribution in [3.8, 4) is 0 Å². The summed E-state index contributed by atoms with van der Waals surface area (Å²) in [5.41, 5.74) is 0. The summed E-state index contributed by atoms with van der Waals surface area (Å²) < 4.78 is 130. The predicted molar refractivity (Wildman–Crippen MR) is 31.2 cm³/mol. The zero-order valence-corrected chi connectivity index (χ0v) is 7.31. The molecule has 0 aromatic rings. The van der Waals surface area contributed by atoms with E-state index in [1.807, 2.05) is 0 Å². The maximum absolute atomic E-state index is 12.4. The van der Waals surface area contributed by atoms with Gasteiger partial charge in [-0.05, 0) is 0 Å². The maximum Gasteiger partial charge on any atom is 0.407 e. The molecule has 0 saturated heterocycles. The molecule has 0 rings (SSSR count). The van der Waals surface area contributed by atoms with E-state index in [-0.39, 0.29) is 0 Å². The van der Waals surface area contributed by atoms with Crippen molar-refractivity contribution in [3.05, 3.63) is 5.92 Å². The summed E-state index contributed by atoms with van der Waals surface area (Å²) in [7, 11) is 0. The maximum atomic E-state index is 12.4. The largest absolute Gasteiger partial charge is 0.407 e. The molecular weight excluding hydrogens is 281 g/mol. The fourth-order valence-electron chi connectivity index (χ4n) is 0.751. The van der Waals surface area contributed by atoms with Gasteiger partial charge in [0.05, 0.1) is 0 Å². The molecule has 0 aliphatic heterocycles. The second-order valence-corrected chi connectivity index (χ2v) is 2.75. The lowest BCUT2D eigenvalue weighted by atomic mass is 9.97. The van der Waals surface area contributed by atoms with Gasteiger partial charge in [0.15, 0.2) is 6.17 Å². The Bertz CT molecular complexity index is 234. The van der Waals surface area contributed by atoms with Crippen LogP contribution in [0.3, 0.4) is 0 Å². The zero-order valence-electron chi connectivity index (χ0n) is 7.31. The average molecular weight is 283 g/mol. The van der Waals surface area contributed by atoms with Gasteiger partial charge in [-0.15, -0.1) is 0 Å². The van der Waals surface area contributed by atoms with Crippen LogP contribution in [0.1, 0.15) is 0 Å². The first-order valence-electron chi connectivity index (χ1n) is 3.53. The fraction of sp³-hybridized carbons (Fsp3) is 0.833. The van der Waals surface area contributed by atoms with Crippen LogP contribution in [0.2, 0.25) is 0 Å². The van der Waals surface area contributed by atoms with Gasteiger partial charge in [-0.3, -0.25) is 0 Å². The molecule has 0 spiro atoms. The Balaban J connectivity index is 5.38. The van der Waals surface area contributed by atoms with Crippen LogP contribution in [-0.2, 0) is 0 Å². The molecule has 1 radical (unpaired) electrons. The van der Waals surface area contributed by atoms with Crippen molar-refractivity contribution in [3.63, 3.8) is 0 Å². The molecule has 0 saturated carbocycles. The minimum Gasteiger partial charge on any atom is -0.239 e. The van der Waals surface area contributed by atoms with E-state index in [0.717, 1.165) is 0 Å². The van der Waals surface area contributed by atoms with Crippen LogP contribution >= 0.6 is 0 Å². The van der Waals surface area contributed by atoms with Gasteiger partial charge in [-0.25, -0.2) is 13.2 Å².